The number of hydrogen-bond acceptors (Lipinski definition) is 4. The van der Waals surface area contributed by atoms with Crippen molar-refractivity contribution in [3.05, 3.63) is 34.6 Å². The van der Waals surface area contributed by atoms with Crippen molar-refractivity contribution in [3.63, 3.8) is 0 Å². The largest absolute Gasteiger partial charge is 0.483 e. The second kappa shape index (κ2) is 5.41. The van der Waals surface area contributed by atoms with E-state index in [0.29, 0.717) is 23.1 Å². The molecule has 1 N–H and O–H groups in total. The zero-order valence-corrected chi connectivity index (χ0v) is 15.3. The van der Waals surface area contributed by atoms with Gasteiger partial charge in [0.05, 0.1) is 0 Å². The van der Waals surface area contributed by atoms with E-state index >= 15 is 0 Å². The maximum atomic E-state index is 13.0. The summed E-state index contributed by atoms with van der Waals surface area (Å²) >= 11 is 0. The summed E-state index contributed by atoms with van der Waals surface area (Å²) in [6.07, 6.45) is 3.90. The lowest BCUT2D eigenvalue weighted by molar-refractivity contribution is -0.134. The molecule has 0 saturated carbocycles. The molecule has 0 bridgehead atoms. The van der Waals surface area contributed by atoms with Crippen LogP contribution >= 0.6 is 0 Å². The number of ketones is 2. The zero-order chi connectivity index (χ0) is 18.7. The lowest BCUT2D eigenvalue weighted by Crippen LogP contribution is -2.49. The molecule has 0 unspecified atom stereocenters. The molecule has 0 aromatic carbocycles. The van der Waals surface area contributed by atoms with Crippen molar-refractivity contribution < 1.29 is 24.2 Å². The summed E-state index contributed by atoms with van der Waals surface area (Å²) < 4.78 is 6.04. The molecule has 0 saturated heterocycles. The van der Waals surface area contributed by atoms with Gasteiger partial charge >= 0.3 is 5.97 Å². The minimum Gasteiger partial charge on any atom is -0.483 e. The lowest BCUT2D eigenvalue weighted by Gasteiger charge is -2.48. The van der Waals surface area contributed by atoms with Crippen molar-refractivity contribution in [3.8, 4) is 0 Å². The van der Waals surface area contributed by atoms with E-state index in [1.165, 1.54) is 6.08 Å². The average Bonchev–Trinajstić information content (AvgIpc) is 2.48. The molecule has 25 heavy (non-hydrogen) atoms. The van der Waals surface area contributed by atoms with Crippen LogP contribution < -0.4 is 0 Å². The predicted octanol–water partition coefficient (Wildman–Crippen LogP) is 3.21. The SMILES string of the molecule is CC(C)(C)C1=CC(=O)C2=C(OC(C)(C)[C@@H]3CC=C(C(=O)O)C[C@@H]23)C1=O. The van der Waals surface area contributed by atoms with Crippen molar-refractivity contribution in [1.82, 2.24) is 0 Å². The van der Waals surface area contributed by atoms with Crippen LogP contribution in [0.3, 0.4) is 0 Å². The van der Waals surface area contributed by atoms with E-state index < -0.39 is 17.0 Å². The van der Waals surface area contributed by atoms with Crippen molar-refractivity contribution in [2.24, 2.45) is 17.3 Å². The van der Waals surface area contributed by atoms with Gasteiger partial charge in [0.2, 0.25) is 5.78 Å². The monoisotopic (exact) mass is 344 g/mol. The Balaban J connectivity index is 2.11. The van der Waals surface area contributed by atoms with Gasteiger partial charge in [-0.05, 0) is 38.2 Å². The molecule has 0 fully saturated rings. The summed E-state index contributed by atoms with van der Waals surface area (Å²) in [5.74, 6) is -1.66. The fourth-order valence-corrected chi connectivity index (χ4v) is 4.12. The molecule has 1 aliphatic heterocycles. The third kappa shape index (κ3) is 2.75. The van der Waals surface area contributed by atoms with Crippen molar-refractivity contribution in [1.29, 1.82) is 0 Å². The first kappa shape index (κ1) is 17.6. The van der Waals surface area contributed by atoms with E-state index in [1.54, 1.807) is 6.08 Å². The van der Waals surface area contributed by atoms with Crippen LogP contribution in [0.25, 0.3) is 0 Å². The highest BCUT2D eigenvalue weighted by molar-refractivity contribution is 6.22. The standard InChI is InChI=1S/C20H24O5/c1-19(2,3)13-9-14(21)15-11-8-10(18(23)24)6-7-12(11)20(4,5)25-17(15)16(13)22/h6,9,11-12H,7-8H2,1-5H3,(H,23,24)/t11-,12-/m1/s1. The summed E-state index contributed by atoms with van der Waals surface area (Å²) in [5.41, 5.74) is -0.00428. The highest BCUT2D eigenvalue weighted by Gasteiger charge is 2.51. The van der Waals surface area contributed by atoms with E-state index in [9.17, 15) is 19.5 Å². The highest BCUT2D eigenvalue weighted by Crippen LogP contribution is 2.50. The summed E-state index contributed by atoms with van der Waals surface area (Å²) in [4.78, 5) is 37.2. The van der Waals surface area contributed by atoms with Gasteiger partial charge in [0, 0.05) is 28.6 Å². The molecule has 5 heteroatoms. The predicted molar refractivity (Wildman–Crippen MR) is 91.7 cm³/mol. The first-order chi connectivity index (χ1) is 11.4. The molecule has 0 radical (unpaired) electrons. The maximum Gasteiger partial charge on any atom is 0.331 e. The minimum atomic E-state index is -0.967. The quantitative estimate of drug-likeness (QED) is 0.739. The van der Waals surface area contributed by atoms with E-state index in [-0.39, 0.29) is 35.6 Å². The number of carbonyl (C=O) groups excluding carboxylic acids is 2. The third-order valence-electron chi connectivity index (χ3n) is 5.49. The Morgan fingerprint density at radius 1 is 1.28 bits per heavy atom. The Kier molecular flexibility index (Phi) is 3.82. The molecule has 2 aliphatic carbocycles. The van der Waals surface area contributed by atoms with Crippen LogP contribution in [0.1, 0.15) is 47.5 Å². The number of carbonyl (C=O) groups is 3. The van der Waals surface area contributed by atoms with E-state index in [1.807, 2.05) is 34.6 Å². The average molecular weight is 344 g/mol. The molecule has 3 aliphatic rings. The first-order valence-electron chi connectivity index (χ1n) is 8.60. The van der Waals surface area contributed by atoms with Crippen LogP contribution in [0.15, 0.2) is 34.6 Å². The van der Waals surface area contributed by atoms with Gasteiger partial charge in [-0.25, -0.2) is 4.79 Å². The van der Waals surface area contributed by atoms with Crippen LogP contribution in [-0.2, 0) is 19.1 Å². The molecular weight excluding hydrogens is 320 g/mol. The molecule has 5 nitrogen and oxygen atoms in total. The van der Waals surface area contributed by atoms with E-state index in [2.05, 4.69) is 0 Å². The van der Waals surface area contributed by atoms with Gasteiger partial charge in [-0.2, -0.15) is 0 Å². The fraction of sp³-hybridized carbons (Fsp3) is 0.550. The van der Waals surface area contributed by atoms with Crippen molar-refractivity contribution >= 4 is 17.5 Å². The van der Waals surface area contributed by atoms with Gasteiger partial charge in [-0.1, -0.05) is 26.8 Å². The molecule has 0 aromatic heterocycles. The number of rotatable bonds is 1. The van der Waals surface area contributed by atoms with E-state index in [4.69, 9.17) is 4.74 Å². The normalized spacial score (nSPS) is 28.5. The number of Topliss-reactive ketones (excluding diaryl/α,β-unsaturated/α-hetero) is 1. The molecule has 0 spiro atoms. The van der Waals surface area contributed by atoms with Crippen LogP contribution in [0.5, 0.6) is 0 Å². The second-order valence-corrected chi connectivity index (χ2v) is 8.64. The summed E-state index contributed by atoms with van der Waals surface area (Å²) in [5, 5.41) is 9.34. The van der Waals surface area contributed by atoms with Gasteiger partial charge in [-0.3, -0.25) is 9.59 Å². The Hall–Kier alpha value is -2.17. The van der Waals surface area contributed by atoms with Gasteiger partial charge < -0.3 is 9.84 Å². The van der Waals surface area contributed by atoms with Crippen LogP contribution in [0.2, 0.25) is 0 Å². The Bertz CT molecular complexity index is 770. The molecule has 3 rings (SSSR count). The number of ether oxygens (including phenoxy) is 1. The Morgan fingerprint density at radius 3 is 2.48 bits per heavy atom. The number of aliphatic carboxylic acids is 1. The van der Waals surface area contributed by atoms with E-state index in [0.717, 1.165) is 0 Å². The smallest absolute Gasteiger partial charge is 0.331 e. The van der Waals surface area contributed by atoms with Crippen LogP contribution in [0.4, 0.5) is 0 Å². The second-order valence-electron chi connectivity index (χ2n) is 8.64. The number of hydrogen-bond donors (Lipinski definition) is 1. The molecule has 0 amide bonds. The van der Waals surface area contributed by atoms with Gasteiger partial charge in [0.1, 0.15) is 5.60 Å². The zero-order valence-electron chi connectivity index (χ0n) is 15.3. The molecule has 1 heterocycles. The third-order valence-corrected chi connectivity index (χ3v) is 5.49. The molecular formula is C20H24O5. The summed E-state index contributed by atoms with van der Waals surface area (Å²) in [6.45, 7) is 9.47. The number of fused-ring (bicyclic) bond motifs is 2. The number of allylic oxidation sites excluding steroid dienone is 4. The lowest BCUT2D eigenvalue weighted by atomic mass is 9.64. The molecule has 134 valence electrons. The Labute approximate surface area is 147 Å². The minimum absolute atomic E-state index is 0.0318. The van der Waals surface area contributed by atoms with Crippen molar-refractivity contribution in [2.75, 3.05) is 0 Å². The van der Waals surface area contributed by atoms with Crippen LogP contribution in [-0.4, -0.2) is 28.2 Å². The van der Waals surface area contributed by atoms with Crippen LogP contribution in [0, 0.1) is 17.3 Å². The first-order valence-corrected chi connectivity index (χ1v) is 8.60. The van der Waals surface area contributed by atoms with Gasteiger partial charge in [-0.15, -0.1) is 0 Å². The Morgan fingerprint density at radius 2 is 1.92 bits per heavy atom. The number of carboxylic acid groups (broad SMARTS) is 1. The summed E-state index contributed by atoms with van der Waals surface area (Å²) in [7, 11) is 0. The fourth-order valence-electron chi connectivity index (χ4n) is 4.12. The molecule has 2 atom stereocenters. The van der Waals surface area contributed by atoms with Gasteiger partial charge in [0.15, 0.2) is 11.5 Å². The van der Waals surface area contributed by atoms with Crippen molar-refractivity contribution in [2.45, 2.75) is 53.1 Å². The summed E-state index contributed by atoms with van der Waals surface area (Å²) in [6, 6.07) is 0. The molecule has 0 aromatic rings. The topological polar surface area (TPSA) is 80.7 Å². The highest BCUT2D eigenvalue weighted by atomic mass is 16.5. The van der Waals surface area contributed by atoms with Gasteiger partial charge in [0.25, 0.3) is 0 Å². The maximum absolute atomic E-state index is 13.0. The number of carboxylic acids is 1.